The highest BCUT2D eigenvalue weighted by Crippen LogP contribution is 2.37. The molecule has 0 amide bonds. The summed E-state index contributed by atoms with van der Waals surface area (Å²) in [4.78, 5) is 11.3. The van der Waals surface area contributed by atoms with Crippen LogP contribution < -0.4 is 4.74 Å². The van der Waals surface area contributed by atoms with Crippen molar-refractivity contribution in [2.24, 2.45) is 13.0 Å². The first kappa shape index (κ1) is 13.0. The fraction of sp³-hybridized carbons (Fsp3) is 0.438. The summed E-state index contributed by atoms with van der Waals surface area (Å²) in [6.45, 7) is 2.07. The molecule has 0 bridgehead atoms. The Kier molecular flexibility index (Phi) is 2.96. The SMILES string of the molecule is COc1cc(C)c2c(c1)c1c(n2C)CCC(C(=O)O)C1. The third-order valence-electron chi connectivity index (χ3n) is 4.45. The van der Waals surface area contributed by atoms with Gasteiger partial charge in [0.05, 0.1) is 18.5 Å². The zero-order chi connectivity index (χ0) is 14.4. The number of aryl methyl sites for hydroxylation is 2. The summed E-state index contributed by atoms with van der Waals surface area (Å²) in [6.07, 6.45) is 2.18. The van der Waals surface area contributed by atoms with Crippen LogP contribution in [0.5, 0.6) is 5.75 Å². The van der Waals surface area contributed by atoms with Crippen LogP contribution in [0.15, 0.2) is 12.1 Å². The molecule has 1 heterocycles. The molecule has 0 fully saturated rings. The number of nitrogens with zero attached hydrogens (tertiary/aromatic N) is 1. The van der Waals surface area contributed by atoms with Crippen molar-refractivity contribution in [3.8, 4) is 5.75 Å². The second kappa shape index (κ2) is 4.54. The summed E-state index contributed by atoms with van der Waals surface area (Å²) >= 11 is 0. The lowest BCUT2D eigenvalue weighted by molar-refractivity contribution is -0.142. The van der Waals surface area contributed by atoms with Crippen LogP contribution in [0, 0.1) is 12.8 Å². The maximum absolute atomic E-state index is 11.3. The maximum Gasteiger partial charge on any atom is 0.306 e. The molecule has 1 N–H and O–H groups in total. The number of carbonyl (C=O) groups is 1. The molecule has 106 valence electrons. The Balaban J connectivity index is 2.24. The van der Waals surface area contributed by atoms with E-state index < -0.39 is 5.97 Å². The second-order valence-corrected chi connectivity index (χ2v) is 5.60. The molecule has 1 atom stereocenters. The van der Waals surface area contributed by atoms with Crippen molar-refractivity contribution in [2.45, 2.75) is 26.2 Å². The van der Waals surface area contributed by atoms with E-state index in [0.29, 0.717) is 6.42 Å². The van der Waals surface area contributed by atoms with Crippen molar-refractivity contribution < 1.29 is 14.6 Å². The fourth-order valence-corrected chi connectivity index (χ4v) is 3.45. The number of rotatable bonds is 2. The maximum atomic E-state index is 11.3. The number of carboxylic acid groups (broad SMARTS) is 1. The van der Waals surface area contributed by atoms with Crippen LogP contribution in [-0.4, -0.2) is 22.8 Å². The number of hydrogen-bond acceptors (Lipinski definition) is 2. The molecule has 3 rings (SSSR count). The molecule has 1 aliphatic rings. The Morgan fingerprint density at radius 3 is 2.85 bits per heavy atom. The standard InChI is InChI=1S/C16H19NO3/c1-9-6-11(20-3)8-13-12-7-10(16(18)19)4-5-14(12)17(2)15(9)13/h6,8,10H,4-5,7H2,1-3H3,(H,18,19). The summed E-state index contributed by atoms with van der Waals surface area (Å²) in [7, 11) is 3.73. The predicted octanol–water partition coefficient (Wildman–Crippen LogP) is 2.68. The van der Waals surface area contributed by atoms with Crippen LogP contribution >= 0.6 is 0 Å². The molecule has 0 radical (unpaired) electrons. The van der Waals surface area contributed by atoms with Gasteiger partial charge in [0.2, 0.25) is 0 Å². The lowest BCUT2D eigenvalue weighted by Gasteiger charge is -2.19. The van der Waals surface area contributed by atoms with E-state index in [4.69, 9.17) is 4.74 Å². The number of carboxylic acids is 1. The van der Waals surface area contributed by atoms with Gasteiger partial charge in [-0.3, -0.25) is 4.79 Å². The van der Waals surface area contributed by atoms with Gasteiger partial charge in [-0.1, -0.05) is 0 Å². The van der Waals surface area contributed by atoms with Gasteiger partial charge in [-0.05, 0) is 49.4 Å². The van der Waals surface area contributed by atoms with Gasteiger partial charge in [-0.15, -0.1) is 0 Å². The Hall–Kier alpha value is -1.97. The molecule has 20 heavy (non-hydrogen) atoms. The van der Waals surface area contributed by atoms with Gasteiger partial charge in [0.1, 0.15) is 5.75 Å². The lowest BCUT2D eigenvalue weighted by atomic mass is 9.86. The number of benzene rings is 1. The first-order chi connectivity index (χ1) is 9.52. The third-order valence-corrected chi connectivity index (χ3v) is 4.45. The van der Waals surface area contributed by atoms with E-state index >= 15 is 0 Å². The van der Waals surface area contributed by atoms with Crippen LogP contribution in [0.1, 0.15) is 23.2 Å². The first-order valence-corrected chi connectivity index (χ1v) is 6.90. The van der Waals surface area contributed by atoms with Crippen molar-refractivity contribution >= 4 is 16.9 Å². The minimum Gasteiger partial charge on any atom is -0.497 e. The van der Waals surface area contributed by atoms with Crippen molar-refractivity contribution in [2.75, 3.05) is 7.11 Å². The van der Waals surface area contributed by atoms with Crippen molar-refractivity contribution in [3.05, 3.63) is 29.0 Å². The molecule has 1 unspecified atom stereocenters. The summed E-state index contributed by atoms with van der Waals surface area (Å²) < 4.78 is 7.57. The molecule has 0 aliphatic heterocycles. The van der Waals surface area contributed by atoms with Gasteiger partial charge < -0.3 is 14.4 Å². The highest BCUT2D eigenvalue weighted by Gasteiger charge is 2.29. The van der Waals surface area contributed by atoms with Crippen molar-refractivity contribution in [3.63, 3.8) is 0 Å². The highest BCUT2D eigenvalue weighted by molar-refractivity contribution is 5.90. The topological polar surface area (TPSA) is 51.5 Å². The minimum atomic E-state index is -0.688. The van der Waals surface area contributed by atoms with E-state index in [9.17, 15) is 9.90 Å². The van der Waals surface area contributed by atoms with E-state index in [2.05, 4.69) is 18.5 Å². The summed E-state index contributed by atoms with van der Waals surface area (Å²) in [6, 6.07) is 4.06. The van der Waals surface area contributed by atoms with Crippen LogP contribution in [0.2, 0.25) is 0 Å². The van der Waals surface area contributed by atoms with E-state index in [0.717, 1.165) is 24.0 Å². The van der Waals surface area contributed by atoms with Crippen LogP contribution in [-0.2, 0) is 24.7 Å². The zero-order valence-electron chi connectivity index (χ0n) is 12.1. The average molecular weight is 273 g/mol. The van der Waals surface area contributed by atoms with Crippen molar-refractivity contribution in [1.82, 2.24) is 4.57 Å². The molecule has 1 aliphatic carbocycles. The third kappa shape index (κ3) is 1.79. The highest BCUT2D eigenvalue weighted by atomic mass is 16.5. The molecule has 2 aromatic rings. The molecule has 0 saturated heterocycles. The second-order valence-electron chi connectivity index (χ2n) is 5.60. The monoisotopic (exact) mass is 273 g/mol. The Morgan fingerprint density at radius 2 is 2.20 bits per heavy atom. The molecule has 1 aromatic heterocycles. The summed E-state index contributed by atoms with van der Waals surface area (Å²) in [5.41, 5.74) is 4.82. The van der Waals surface area contributed by atoms with Crippen LogP contribution in [0.4, 0.5) is 0 Å². The van der Waals surface area contributed by atoms with Gasteiger partial charge >= 0.3 is 5.97 Å². The quantitative estimate of drug-likeness (QED) is 0.915. The molecule has 4 heteroatoms. The lowest BCUT2D eigenvalue weighted by Crippen LogP contribution is -2.22. The van der Waals surface area contributed by atoms with Crippen molar-refractivity contribution in [1.29, 1.82) is 0 Å². The van der Waals surface area contributed by atoms with E-state index in [1.807, 2.05) is 12.1 Å². The Morgan fingerprint density at radius 1 is 1.45 bits per heavy atom. The smallest absolute Gasteiger partial charge is 0.306 e. The average Bonchev–Trinajstić information content (AvgIpc) is 2.72. The number of aliphatic carboxylic acids is 1. The number of aromatic nitrogens is 1. The molecular formula is C16H19NO3. The van der Waals surface area contributed by atoms with Crippen LogP contribution in [0.3, 0.4) is 0 Å². The van der Waals surface area contributed by atoms with E-state index in [1.54, 1.807) is 7.11 Å². The summed E-state index contributed by atoms with van der Waals surface area (Å²) in [5, 5.41) is 10.4. The molecule has 0 saturated carbocycles. The zero-order valence-corrected chi connectivity index (χ0v) is 12.1. The molecular weight excluding hydrogens is 254 g/mol. The summed E-state index contributed by atoms with van der Waals surface area (Å²) in [5.74, 6) is -0.118. The predicted molar refractivity (Wildman–Crippen MR) is 77.4 cm³/mol. The Bertz CT molecular complexity index is 700. The number of hydrogen-bond donors (Lipinski definition) is 1. The van der Waals surface area contributed by atoms with Gasteiger partial charge in [0.15, 0.2) is 0 Å². The largest absolute Gasteiger partial charge is 0.497 e. The number of fused-ring (bicyclic) bond motifs is 3. The van der Waals surface area contributed by atoms with E-state index in [-0.39, 0.29) is 5.92 Å². The minimum absolute atomic E-state index is 0.264. The molecule has 4 nitrogen and oxygen atoms in total. The number of ether oxygens (including phenoxy) is 1. The first-order valence-electron chi connectivity index (χ1n) is 6.90. The van der Waals surface area contributed by atoms with Gasteiger partial charge in [0.25, 0.3) is 0 Å². The van der Waals surface area contributed by atoms with Crippen LogP contribution in [0.25, 0.3) is 10.9 Å². The van der Waals surface area contributed by atoms with Gasteiger partial charge in [-0.25, -0.2) is 0 Å². The normalized spacial score (nSPS) is 18.1. The Labute approximate surface area is 118 Å². The number of methoxy groups -OCH3 is 1. The fourth-order valence-electron chi connectivity index (χ4n) is 3.45. The van der Waals surface area contributed by atoms with Gasteiger partial charge in [0, 0.05) is 18.1 Å². The molecule has 1 aromatic carbocycles. The van der Waals surface area contributed by atoms with Gasteiger partial charge in [-0.2, -0.15) is 0 Å². The molecule has 0 spiro atoms. The van der Waals surface area contributed by atoms with E-state index in [1.165, 1.54) is 22.3 Å².